The number of carbonyl (C=O) groups is 2. The third-order valence-corrected chi connectivity index (χ3v) is 3.36. The van der Waals surface area contributed by atoms with Crippen molar-refractivity contribution in [2.75, 3.05) is 0 Å². The number of nitriles is 1. The van der Waals surface area contributed by atoms with E-state index < -0.39 is 5.82 Å². The predicted molar refractivity (Wildman–Crippen MR) is 69.7 cm³/mol. The number of benzene rings is 1. The summed E-state index contributed by atoms with van der Waals surface area (Å²) in [7, 11) is 0. The van der Waals surface area contributed by atoms with Gasteiger partial charge in [-0.1, -0.05) is 13.8 Å². The molecule has 0 atom stereocenters. The average molecular weight is 274 g/mol. The van der Waals surface area contributed by atoms with Crippen LogP contribution in [0, 0.1) is 22.6 Å². The molecule has 0 N–H and O–H groups in total. The van der Waals surface area contributed by atoms with Crippen molar-refractivity contribution in [3.05, 3.63) is 35.1 Å². The lowest BCUT2D eigenvalue weighted by atomic mass is 9.81. The number of likely N-dealkylation sites (tertiary alicyclic amines) is 1. The summed E-state index contributed by atoms with van der Waals surface area (Å²) in [5, 5.41) is 8.81. The molecular weight excluding hydrogens is 259 g/mol. The highest BCUT2D eigenvalue weighted by Gasteiger charge is 2.37. The summed E-state index contributed by atoms with van der Waals surface area (Å²) in [6.07, 6.45) is 0.524. The standard InChI is InChI=1S/C15H15FN2O2/c1-15(2)6-13(19)18(14(20)7-15)9-11-5-10(8-17)3-4-12(11)16/h3-5H,6-7,9H2,1-2H3. The summed E-state index contributed by atoms with van der Waals surface area (Å²) in [5.74, 6) is -1.12. The van der Waals surface area contributed by atoms with Crippen LogP contribution in [0.5, 0.6) is 0 Å². The van der Waals surface area contributed by atoms with Crippen LogP contribution in [0.3, 0.4) is 0 Å². The lowest BCUT2D eigenvalue weighted by Crippen LogP contribution is -2.45. The van der Waals surface area contributed by atoms with E-state index in [9.17, 15) is 14.0 Å². The molecule has 5 heteroatoms. The first-order valence-corrected chi connectivity index (χ1v) is 6.34. The molecule has 2 rings (SSSR count). The van der Waals surface area contributed by atoms with Crippen molar-refractivity contribution in [2.24, 2.45) is 5.41 Å². The van der Waals surface area contributed by atoms with Gasteiger partial charge in [0.1, 0.15) is 5.82 Å². The van der Waals surface area contributed by atoms with Crippen LogP contribution in [-0.4, -0.2) is 16.7 Å². The zero-order valence-corrected chi connectivity index (χ0v) is 11.4. The number of imide groups is 1. The fourth-order valence-corrected chi connectivity index (χ4v) is 2.32. The number of rotatable bonds is 2. The van der Waals surface area contributed by atoms with Crippen molar-refractivity contribution in [2.45, 2.75) is 33.2 Å². The van der Waals surface area contributed by atoms with E-state index in [2.05, 4.69) is 0 Å². The second kappa shape index (κ2) is 5.04. The molecular formula is C15H15FN2O2. The highest BCUT2D eigenvalue weighted by Crippen LogP contribution is 2.32. The fraction of sp³-hybridized carbons (Fsp3) is 0.400. The van der Waals surface area contributed by atoms with E-state index in [0.29, 0.717) is 5.56 Å². The van der Waals surface area contributed by atoms with Crippen LogP contribution in [0.1, 0.15) is 37.8 Å². The second-order valence-electron chi connectivity index (χ2n) is 5.81. The van der Waals surface area contributed by atoms with Gasteiger partial charge < -0.3 is 0 Å². The number of nitrogens with zero attached hydrogens (tertiary/aromatic N) is 2. The van der Waals surface area contributed by atoms with E-state index in [1.165, 1.54) is 18.2 Å². The van der Waals surface area contributed by atoms with E-state index in [4.69, 9.17) is 5.26 Å². The van der Waals surface area contributed by atoms with Crippen molar-refractivity contribution in [1.82, 2.24) is 4.90 Å². The maximum absolute atomic E-state index is 13.7. The highest BCUT2D eigenvalue weighted by atomic mass is 19.1. The zero-order chi connectivity index (χ0) is 14.9. The van der Waals surface area contributed by atoms with Crippen LogP contribution in [0.25, 0.3) is 0 Å². The number of halogens is 1. The molecule has 0 bridgehead atoms. The summed E-state index contributed by atoms with van der Waals surface area (Å²) in [6, 6.07) is 5.82. The highest BCUT2D eigenvalue weighted by molar-refractivity contribution is 5.98. The number of carbonyl (C=O) groups excluding carboxylic acids is 2. The van der Waals surface area contributed by atoms with Crippen LogP contribution in [-0.2, 0) is 16.1 Å². The number of piperidine rings is 1. The van der Waals surface area contributed by atoms with Gasteiger partial charge in [-0.2, -0.15) is 5.26 Å². The Labute approximate surface area is 116 Å². The number of hydrogen-bond donors (Lipinski definition) is 0. The van der Waals surface area contributed by atoms with Crippen LogP contribution in [0.4, 0.5) is 4.39 Å². The van der Waals surface area contributed by atoms with Gasteiger partial charge in [0.15, 0.2) is 0 Å². The molecule has 0 saturated carbocycles. The van der Waals surface area contributed by atoms with E-state index in [1.807, 2.05) is 19.9 Å². The van der Waals surface area contributed by atoms with Gasteiger partial charge in [0.25, 0.3) is 0 Å². The normalized spacial score (nSPS) is 18.0. The Hall–Kier alpha value is -2.22. The first-order chi connectivity index (χ1) is 9.32. The topological polar surface area (TPSA) is 61.2 Å². The lowest BCUT2D eigenvalue weighted by Gasteiger charge is -2.34. The Balaban J connectivity index is 2.24. The minimum absolute atomic E-state index is 0.116. The molecule has 1 saturated heterocycles. The molecule has 4 nitrogen and oxygen atoms in total. The lowest BCUT2D eigenvalue weighted by molar-refractivity contribution is -0.153. The fourth-order valence-electron chi connectivity index (χ4n) is 2.32. The zero-order valence-electron chi connectivity index (χ0n) is 11.4. The van der Waals surface area contributed by atoms with Gasteiger partial charge in [-0.05, 0) is 23.6 Å². The van der Waals surface area contributed by atoms with Crippen molar-refractivity contribution in [3.8, 4) is 6.07 Å². The SMILES string of the molecule is CC1(C)CC(=O)N(Cc2cc(C#N)ccc2F)C(=O)C1. The Kier molecular flexibility index (Phi) is 3.58. The van der Waals surface area contributed by atoms with Crippen LogP contribution in [0.15, 0.2) is 18.2 Å². The Morgan fingerprint density at radius 2 is 1.90 bits per heavy atom. The Bertz CT molecular complexity index is 597. The van der Waals surface area contributed by atoms with Gasteiger partial charge in [0.05, 0.1) is 18.2 Å². The molecule has 20 heavy (non-hydrogen) atoms. The van der Waals surface area contributed by atoms with E-state index in [0.717, 1.165) is 4.90 Å². The average Bonchev–Trinajstić information content (AvgIpc) is 2.34. The van der Waals surface area contributed by atoms with Crippen molar-refractivity contribution in [3.63, 3.8) is 0 Å². The molecule has 0 spiro atoms. The van der Waals surface area contributed by atoms with Gasteiger partial charge in [-0.3, -0.25) is 14.5 Å². The maximum Gasteiger partial charge on any atom is 0.230 e. The number of hydrogen-bond acceptors (Lipinski definition) is 3. The van der Waals surface area contributed by atoms with Gasteiger partial charge in [0.2, 0.25) is 11.8 Å². The largest absolute Gasteiger partial charge is 0.278 e. The molecule has 2 amide bonds. The van der Waals surface area contributed by atoms with Crippen LogP contribution < -0.4 is 0 Å². The van der Waals surface area contributed by atoms with Crippen molar-refractivity contribution in [1.29, 1.82) is 5.26 Å². The van der Waals surface area contributed by atoms with E-state index in [1.54, 1.807) is 0 Å². The van der Waals surface area contributed by atoms with E-state index in [-0.39, 0.29) is 42.2 Å². The second-order valence-corrected chi connectivity index (χ2v) is 5.81. The molecule has 1 aromatic carbocycles. The van der Waals surface area contributed by atoms with Gasteiger partial charge >= 0.3 is 0 Å². The van der Waals surface area contributed by atoms with E-state index >= 15 is 0 Å². The summed E-state index contributed by atoms with van der Waals surface area (Å²) in [5.41, 5.74) is 0.140. The van der Waals surface area contributed by atoms with Crippen LogP contribution in [0.2, 0.25) is 0 Å². The Morgan fingerprint density at radius 3 is 2.45 bits per heavy atom. The molecule has 104 valence electrons. The first kappa shape index (κ1) is 14.2. The maximum atomic E-state index is 13.7. The Morgan fingerprint density at radius 1 is 1.30 bits per heavy atom. The molecule has 1 aliphatic heterocycles. The van der Waals surface area contributed by atoms with Gasteiger partial charge in [-0.15, -0.1) is 0 Å². The molecule has 0 radical (unpaired) electrons. The summed E-state index contributed by atoms with van der Waals surface area (Å²) < 4.78 is 13.7. The number of amides is 2. The van der Waals surface area contributed by atoms with Crippen molar-refractivity contribution < 1.29 is 14.0 Å². The molecule has 1 heterocycles. The molecule has 1 aliphatic rings. The molecule has 0 unspecified atom stereocenters. The minimum Gasteiger partial charge on any atom is -0.278 e. The molecule has 0 aliphatic carbocycles. The first-order valence-electron chi connectivity index (χ1n) is 6.34. The van der Waals surface area contributed by atoms with Crippen molar-refractivity contribution >= 4 is 11.8 Å². The molecule has 1 aromatic rings. The molecule has 0 aromatic heterocycles. The summed E-state index contributed by atoms with van der Waals surface area (Å²) >= 11 is 0. The smallest absolute Gasteiger partial charge is 0.230 e. The summed E-state index contributed by atoms with van der Waals surface area (Å²) in [6.45, 7) is 3.60. The summed E-state index contributed by atoms with van der Waals surface area (Å²) in [4.78, 5) is 25.1. The third kappa shape index (κ3) is 2.85. The monoisotopic (exact) mass is 274 g/mol. The quantitative estimate of drug-likeness (QED) is 0.778. The minimum atomic E-state index is -0.519. The third-order valence-electron chi connectivity index (χ3n) is 3.36. The van der Waals surface area contributed by atoms with Gasteiger partial charge in [0, 0.05) is 18.4 Å². The molecule has 1 fully saturated rings. The predicted octanol–water partition coefficient (Wildman–Crippen LogP) is 2.37. The van der Waals surface area contributed by atoms with Crippen LogP contribution >= 0.6 is 0 Å². The van der Waals surface area contributed by atoms with Gasteiger partial charge in [-0.25, -0.2) is 4.39 Å².